The van der Waals surface area contributed by atoms with Crippen molar-refractivity contribution in [3.63, 3.8) is 0 Å². The van der Waals surface area contributed by atoms with E-state index in [1.165, 1.54) is 34.6 Å². The van der Waals surface area contributed by atoms with Crippen LogP contribution in [0.2, 0.25) is 0 Å². The standard InChI is InChI=1S/C21H24BrFN2O5S/c1-2-29-13-14-30-19-8-5-17(22)15-20(19)31(27,28)25-11-9-24(10-12-25)21(26)16-3-6-18(23)7-4-16/h3-8,15H,2,9-14H2,1H3. The van der Waals surface area contributed by atoms with Gasteiger partial charge in [-0.3, -0.25) is 4.79 Å². The van der Waals surface area contributed by atoms with Crippen molar-refractivity contribution < 1.29 is 27.1 Å². The lowest BCUT2D eigenvalue weighted by molar-refractivity contribution is 0.0697. The van der Waals surface area contributed by atoms with E-state index in [4.69, 9.17) is 9.47 Å². The molecule has 10 heteroatoms. The number of sulfonamides is 1. The second-order valence-electron chi connectivity index (χ2n) is 6.84. The van der Waals surface area contributed by atoms with Crippen molar-refractivity contribution in [3.8, 4) is 5.75 Å². The molecule has 2 aromatic carbocycles. The summed E-state index contributed by atoms with van der Waals surface area (Å²) in [6, 6.07) is 10.2. The van der Waals surface area contributed by atoms with Gasteiger partial charge in [-0.05, 0) is 49.4 Å². The van der Waals surface area contributed by atoms with Crippen molar-refractivity contribution >= 4 is 31.9 Å². The molecular formula is C21H24BrFN2O5S. The van der Waals surface area contributed by atoms with Gasteiger partial charge in [0.05, 0.1) is 6.61 Å². The molecule has 1 fully saturated rings. The van der Waals surface area contributed by atoms with Crippen LogP contribution in [0.25, 0.3) is 0 Å². The van der Waals surface area contributed by atoms with E-state index in [0.717, 1.165) is 0 Å². The molecule has 0 bridgehead atoms. The number of halogens is 2. The maximum atomic E-state index is 13.3. The van der Waals surface area contributed by atoms with E-state index < -0.39 is 15.8 Å². The molecule has 1 aliphatic heterocycles. The van der Waals surface area contributed by atoms with Gasteiger partial charge >= 0.3 is 0 Å². The fourth-order valence-corrected chi connectivity index (χ4v) is 5.30. The topological polar surface area (TPSA) is 76.2 Å². The maximum Gasteiger partial charge on any atom is 0.253 e. The zero-order valence-electron chi connectivity index (χ0n) is 17.1. The molecule has 0 radical (unpaired) electrons. The van der Waals surface area contributed by atoms with E-state index in [-0.39, 0.29) is 49.3 Å². The molecule has 1 heterocycles. The van der Waals surface area contributed by atoms with Gasteiger partial charge in [-0.1, -0.05) is 15.9 Å². The number of carbonyl (C=O) groups is 1. The van der Waals surface area contributed by atoms with Crippen molar-refractivity contribution in [1.82, 2.24) is 9.21 Å². The molecule has 7 nitrogen and oxygen atoms in total. The average molecular weight is 515 g/mol. The van der Waals surface area contributed by atoms with Crippen LogP contribution in [0.15, 0.2) is 51.8 Å². The Hall–Kier alpha value is -2.01. The summed E-state index contributed by atoms with van der Waals surface area (Å²) < 4.78 is 52.5. The smallest absolute Gasteiger partial charge is 0.253 e. The Balaban J connectivity index is 1.70. The first kappa shape index (κ1) is 23.6. The number of benzene rings is 2. The molecule has 2 aromatic rings. The third-order valence-corrected chi connectivity index (χ3v) is 7.24. The van der Waals surface area contributed by atoms with Crippen LogP contribution in [-0.4, -0.2) is 69.5 Å². The number of amides is 1. The van der Waals surface area contributed by atoms with Crippen molar-refractivity contribution in [3.05, 3.63) is 58.3 Å². The van der Waals surface area contributed by atoms with E-state index in [0.29, 0.717) is 23.2 Å². The van der Waals surface area contributed by atoms with Gasteiger partial charge in [-0.2, -0.15) is 4.31 Å². The monoisotopic (exact) mass is 514 g/mol. The minimum Gasteiger partial charge on any atom is -0.490 e. The fraction of sp³-hybridized carbons (Fsp3) is 0.381. The van der Waals surface area contributed by atoms with Crippen LogP contribution in [0.5, 0.6) is 5.75 Å². The van der Waals surface area contributed by atoms with E-state index in [2.05, 4.69) is 15.9 Å². The first-order valence-corrected chi connectivity index (χ1v) is 12.1. The molecule has 1 saturated heterocycles. The minimum atomic E-state index is -3.83. The summed E-state index contributed by atoms with van der Waals surface area (Å²) in [4.78, 5) is 14.2. The molecule has 0 atom stereocenters. The Kier molecular flexibility index (Phi) is 8.04. The van der Waals surface area contributed by atoms with Crippen LogP contribution in [0, 0.1) is 5.82 Å². The quantitative estimate of drug-likeness (QED) is 0.505. The van der Waals surface area contributed by atoms with Crippen molar-refractivity contribution in [1.29, 1.82) is 0 Å². The molecule has 3 rings (SSSR count). The first-order valence-electron chi connectivity index (χ1n) is 9.88. The van der Waals surface area contributed by atoms with Crippen LogP contribution in [-0.2, 0) is 14.8 Å². The summed E-state index contributed by atoms with van der Waals surface area (Å²) in [5, 5.41) is 0. The predicted octanol–water partition coefficient (Wildman–Crippen LogP) is 3.15. The zero-order valence-corrected chi connectivity index (χ0v) is 19.5. The van der Waals surface area contributed by atoms with E-state index in [1.54, 1.807) is 17.0 Å². The second-order valence-corrected chi connectivity index (χ2v) is 9.66. The third-order valence-electron chi connectivity index (χ3n) is 4.83. The number of rotatable bonds is 8. The van der Waals surface area contributed by atoms with Crippen LogP contribution in [0.1, 0.15) is 17.3 Å². The maximum absolute atomic E-state index is 13.3. The highest BCUT2D eigenvalue weighted by molar-refractivity contribution is 9.10. The summed E-state index contributed by atoms with van der Waals surface area (Å²) >= 11 is 3.32. The highest BCUT2D eigenvalue weighted by Gasteiger charge is 2.32. The summed E-state index contributed by atoms with van der Waals surface area (Å²) in [5.41, 5.74) is 0.370. The normalized spacial score (nSPS) is 15.1. The Labute approximate surface area is 189 Å². The van der Waals surface area contributed by atoms with Crippen LogP contribution in [0.4, 0.5) is 4.39 Å². The van der Waals surface area contributed by atoms with E-state index in [1.807, 2.05) is 6.92 Å². The van der Waals surface area contributed by atoms with E-state index in [9.17, 15) is 17.6 Å². The molecule has 0 aliphatic carbocycles. The molecule has 0 spiro atoms. The predicted molar refractivity (Wildman–Crippen MR) is 117 cm³/mol. The molecule has 0 aromatic heterocycles. The van der Waals surface area contributed by atoms with Gasteiger partial charge in [0.1, 0.15) is 23.1 Å². The first-order chi connectivity index (χ1) is 14.8. The van der Waals surface area contributed by atoms with Crippen LogP contribution < -0.4 is 4.74 Å². The highest BCUT2D eigenvalue weighted by atomic mass is 79.9. The Bertz CT molecular complexity index is 1010. The lowest BCUT2D eigenvalue weighted by atomic mass is 10.2. The third kappa shape index (κ3) is 5.82. The Morgan fingerprint density at radius 2 is 1.74 bits per heavy atom. The number of piperazine rings is 1. The number of ether oxygens (including phenoxy) is 2. The number of carbonyl (C=O) groups excluding carboxylic acids is 1. The highest BCUT2D eigenvalue weighted by Crippen LogP contribution is 2.30. The minimum absolute atomic E-state index is 0.0664. The molecule has 168 valence electrons. The second kappa shape index (κ2) is 10.5. The Morgan fingerprint density at radius 1 is 1.06 bits per heavy atom. The van der Waals surface area contributed by atoms with Crippen LogP contribution >= 0.6 is 15.9 Å². The summed E-state index contributed by atoms with van der Waals surface area (Å²) in [6.07, 6.45) is 0. The Morgan fingerprint density at radius 3 is 2.39 bits per heavy atom. The summed E-state index contributed by atoms with van der Waals surface area (Å²) in [6.45, 7) is 3.80. The van der Waals surface area contributed by atoms with Gasteiger partial charge in [0.25, 0.3) is 5.91 Å². The largest absolute Gasteiger partial charge is 0.490 e. The zero-order chi connectivity index (χ0) is 22.4. The van der Waals surface area contributed by atoms with Crippen molar-refractivity contribution in [2.45, 2.75) is 11.8 Å². The average Bonchev–Trinajstić information content (AvgIpc) is 2.77. The van der Waals surface area contributed by atoms with Gasteiger partial charge in [0.2, 0.25) is 10.0 Å². The lowest BCUT2D eigenvalue weighted by Gasteiger charge is -2.34. The summed E-state index contributed by atoms with van der Waals surface area (Å²) in [5.74, 6) is -0.409. The number of hydrogen-bond acceptors (Lipinski definition) is 5. The van der Waals surface area contributed by atoms with Gasteiger partial charge in [-0.15, -0.1) is 0 Å². The molecular weight excluding hydrogens is 491 g/mol. The SMILES string of the molecule is CCOCCOc1ccc(Br)cc1S(=O)(=O)N1CCN(C(=O)c2ccc(F)cc2)CC1. The molecule has 1 aliphatic rings. The molecule has 0 N–H and O–H groups in total. The van der Waals surface area contributed by atoms with E-state index >= 15 is 0 Å². The van der Waals surface area contributed by atoms with Gasteiger partial charge < -0.3 is 14.4 Å². The van der Waals surface area contributed by atoms with Gasteiger partial charge in [-0.25, -0.2) is 12.8 Å². The number of hydrogen-bond donors (Lipinski definition) is 0. The molecule has 0 saturated carbocycles. The van der Waals surface area contributed by atoms with Gasteiger partial charge in [0.15, 0.2) is 0 Å². The van der Waals surface area contributed by atoms with Crippen molar-refractivity contribution in [2.75, 3.05) is 46.0 Å². The summed E-state index contributed by atoms with van der Waals surface area (Å²) in [7, 11) is -3.83. The molecule has 0 unspecified atom stereocenters. The molecule has 31 heavy (non-hydrogen) atoms. The van der Waals surface area contributed by atoms with Gasteiger partial charge in [0, 0.05) is 42.8 Å². The van der Waals surface area contributed by atoms with Crippen molar-refractivity contribution in [2.24, 2.45) is 0 Å². The molecule has 1 amide bonds. The number of nitrogens with zero attached hydrogens (tertiary/aromatic N) is 2. The van der Waals surface area contributed by atoms with Crippen LogP contribution in [0.3, 0.4) is 0 Å². The lowest BCUT2D eigenvalue weighted by Crippen LogP contribution is -2.50. The fourth-order valence-electron chi connectivity index (χ4n) is 3.20.